The monoisotopic (exact) mass is 156 g/mol. The molecule has 2 nitrogen and oxygen atoms in total. The van der Waals surface area contributed by atoms with Crippen LogP contribution in [0, 0.1) is 0 Å². The summed E-state index contributed by atoms with van der Waals surface area (Å²) >= 11 is 0. The molecule has 0 spiro atoms. The highest BCUT2D eigenvalue weighted by atomic mass is 32.2. The van der Waals surface area contributed by atoms with E-state index in [0.29, 0.717) is 4.91 Å². The van der Waals surface area contributed by atoms with E-state index in [1.54, 1.807) is 0 Å². The van der Waals surface area contributed by atoms with Gasteiger partial charge in [0.2, 0.25) is 0 Å². The Kier molecular flexibility index (Phi) is 1.97. The number of allylic oxidation sites excluding steroid dienone is 2. The van der Waals surface area contributed by atoms with Crippen LogP contribution in [-0.4, -0.2) is 11.1 Å². The zero-order chi connectivity index (χ0) is 7.56. The third kappa shape index (κ3) is 1.30. The van der Waals surface area contributed by atoms with Crippen LogP contribution in [0.5, 0.6) is 0 Å². The number of thiol groups is 1. The van der Waals surface area contributed by atoms with Gasteiger partial charge in [-0.3, -0.25) is 0 Å². The van der Waals surface area contributed by atoms with E-state index in [0.717, 1.165) is 0 Å². The smallest absolute Gasteiger partial charge is 0.340 e. The van der Waals surface area contributed by atoms with Crippen LogP contribution < -0.4 is 0 Å². The largest absolute Gasteiger partial charge is 0.477 e. The molecule has 10 heavy (non-hydrogen) atoms. The highest BCUT2D eigenvalue weighted by Crippen LogP contribution is 2.40. The predicted molar refractivity (Wildman–Crippen MR) is 44.0 cm³/mol. The molecule has 0 aromatic rings. The first kappa shape index (κ1) is 7.15. The van der Waals surface area contributed by atoms with Gasteiger partial charge >= 0.3 is 5.97 Å². The Morgan fingerprint density at radius 2 is 1.90 bits per heavy atom. The van der Waals surface area contributed by atoms with E-state index in [-0.39, 0.29) is 0 Å². The van der Waals surface area contributed by atoms with Crippen LogP contribution in [0.3, 0.4) is 0 Å². The molecule has 0 amide bonds. The molecule has 0 unspecified atom stereocenters. The van der Waals surface area contributed by atoms with E-state index in [9.17, 15) is 4.79 Å². The molecule has 0 aromatic carbocycles. The SMILES string of the molecule is C=C(C(=O)O)[SH]1C=CC=C1. The van der Waals surface area contributed by atoms with Gasteiger partial charge in [0, 0.05) is 0 Å². The molecule has 0 aliphatic carbocycles. The van der Waals surface area contributed by atoms with Crippen molar-refractivity contribution in [2.45, 2.75) is 0 Å². The summed E-state index contributed by atoms with van der Waals surface area (Å²) in [5.74, 6) is -0.901. The van der Waals surface area contributed by atoms with Gasteiger partial charge in [-0.15, -0.1) is 0 Å². The first-order valence-corrected chi connectivity index (χ1v) is 4.25. The van der Waals surface area contributed by atoms with Crippen LogP contribution in [0.25, 0.3) is 0 Å². The molecular formula is C7H8O2S. The van der Waals surface area contributed by atoms with Crippen LogP contribution in [0.2, 0.25) is 0 Å². The molecule has 1 N–H and O–H groups in total. The minimum absolute atomic E-state index is 0.292. The maximum Gasteiger partial charge on any atom is 0.340 e. The number of carboxylic acid groups (broad SMARTS) is 1. The Morgan fingerprint density at radius 1 is 1.40 bits per heavy atom. The number of rotatable bonds is 2. The fourth-order valence-electron chi connectivity index (χ4n) is 0.625. The van der Waals surface area contributed by atoms with E-state index in [1.165, 1.54) is 0 Å². The number of carbonyl (C=O) groups is 1. The van der Waals surface area contributed by atoms with Crippen molar-refractivity contribution in [1.82, 2.24) is 0 Å². The molecule has 1 aliphatic rings. The summed E-state index contributed by atoms with van der Waals surface area (Å²) in [6.07, 6.45) is 3.69. The fraction of sp³-hybridized carbons (Fsp3) is 0. The Bertz CT molecular complexity index is 216. The lowest BCUT2D eigenvalue weighted by molar-refractivity contribution is -0.131. The molecule has 0 saturated carbocycles. The average Bonchev–Trinajstić information content (AvgIpc) is 2.36. The van der Waals surface area contributed by atoms with E-state index in [1.807, 2.05) is 23.0 Å². The van der Waals surface area contributed by atoms with Crippen LogP contribution in [0.1, 0.15) is 0 Å². The maximum atomic E-state index is 10.3. The maximum absolute atomic E-state index is 10.3. The molecule has 0 atom stereocenters. The van der Waals surface area contributed by atoms with Crippen molar-refractivity contribution in [2.75, 3.05) is 0 Å². The topological polar surface area (TPSA) is 37.3 Å². The lowest BCUT2D eigenvalue weighted by Gasteiger charge is -2.07. The fourth-order valence-corrected chi connectivity index (χ4v) is 1.87. The van der Waals surface area contributed by atoms with Crippen molar-refractivity contribution in [3.63, 3.8) is 0 Å². The predicted octanol–water partition coefficient (Wildman–Crippen LogP) is 1.63. The summed E-state index contributed by atoms with van der Waals surface area (Å²) in [5, 5.41) is 12.2. The number of hydrogen-bond acceptors (Lipinski definition) is 1. The Labute approximate surface area is 61.9 Å². The quantitative estimate of drug-likeness (QED) is 0.471. The molecule has 1 aliphatic heterocycles. The second-order valence-electron chi connectivity index (χ2n) is 1.84. The van der Waals surface area contributed by atoms with Crippen LogP contribution in [0.4, 0.5) is 0 Å². The molecule has 0 bridgehead atoms. The first-order chi connectivity index (χ1) is 4.72. The normalized spacial score (nSPS) is 17.8. The van der Waals surface area contributed by atoms with Gasteiger partial charge in [0.1, 0.15) is 0 Å². The van der Waals surface area contributed by atoms with Gasteiger partial charge in [-0.2, -0.15) is 10.9 Å². The van der Waals surface area contributed by atoms with Crippen LogP contribution >= 0.6 is 10.9 Å². The van der Waals surface area contributed by atoms with E-state index < -0.39 is 16.9 Å². The summed E-state index contributed by atoms with van der Waals surface area (Å²) < 4.78 is 0. The Balaban J connectivity index is 2.67. The zero-order valence-electron chi connectivity index (χ0n) is 5.32. The standard InChI is InChI=1S/C7H8O2S/c1-6(7(8)9)10-4-2-3-5-10/h2-5,10H,1H2,(H,8,9). The van der Waals surface area contributed by atoms with Gasteiger partial charge in [0.25, 0.3) is 0 Å². The van der Waals surface area contributed by atoms with Gasteiger partial charge in [-0.1, -0.05) is 18.7 Å². The number of hydrogen-bond donors (Lipinski definition) is 2. The lowest BCUT2D eigenvalue weighted by Crippen LogP contribution is -1.96. The molecule has 0 fully saturated rings. The van der Waals surface area contributed by atoms with Gasteiger partial charge in [-0.25, -0.2) is 4.79 Å². The highest BCUT2D eigenvalue weighted by molar-refractivity contribution is 8.26. The van der Waals surface area contributed by atoms with Crippen molar-refractivity contribution in [1.29, 1.82) is 0 Å². The van der Waals surface area contributed by atoms with Gasteiger partial charge < -0.3 is 5.11 Å². The van der Waals surface area contributed by atoms with Gasteiger partial charge in [-0.05, 0) is 10.8 Å². The minimum Gasteiger partial charge on any atom is -0.477 e. The summed E-state index contributed by atoms with van der Waals surface area (Å²) in [7, 11) is -0.701. The molecule has 1 heterocycles. The number of carboxylic acids is 1. The summed E-state index contributed by atoms with van der Waals surface area (Å²) in [6, 6.07) is 0. The summed E-state index contributed by atoms with van der Waals surface area (Å²) in [5.41, 5.74) is 0. The summed E-state index contributed by atoms with van der Waals surface area (Å²) in [4.78, 5) is 10.6. The molecule has 0 radical (unpaired) electrons. The molecule has 54 valence electrons. The molecule has 1 rings (SSSR count). The molecule has 0 aromatic heterocycles. The molecule has 0 saturated heterocycles. The Hall–Kier alpha value is -0.960. The third-order valence-electron chi connectivity index (χ3n) is 1.16. The molecule has 3 heteroatoms. The average molecular weight is 156 g/mol. The van der Waals surface area contributed by atoms with Crippen LogP contribution in [0.15, 0.2) is 34.5 Å². The van der Waals surface area contributed by atoms with Gasteiger partial charge in [0.05, 0.1) is 4.91 Å². The number of aliphatic carboxylic acids is 1. The van der Waals surface area contributed by atoms with Crippen molar-refractivity contribution < 1.29 is 9.90 Å². The third-order valence-corrected chi connectivity index (χ3v) is 2.96. The second-order valence-corrected chi connectivity index (χ2v) is 3.79. The second kappa shape index (κ2) is 2.75. The van der Waals surface area contributed by atoms with E-state index in [4.69, 9.17) is 5.11 Å². The first-order valence-electron chi connectivity index (χ1n) is 2.77. The zero-order valence-corrected chi connectivity index (χ0v) is 6.21. The van der Waals surface area contributed by atoms with E-state index >= 15 is 0 Å². The highest BCUT2D eigenvalue weighted by Gasteiger charge is 2.10. The minimum atomic E-state index is -0.901. The molecular weight excluding hydrogens is 148 g/mol. The van der Waals surface area contributed by atoms with Crippen molar-refractivity contribution in [3.05, 3.63) is 34.5 Å². The van der Waals surface area contributed by atoms with Crippen molar-refractivity contribution in [3.8, 4) is 0 Å². The Morgan fingerprint density at radius 3 is 2.30 bits per heavy atom. The van der Waals surface area contributed by atoms with E-state index in [2.05, 4.69) is 6.58 Å². The lowest BCUT2D eigenvalue weighted by atomic mass is 10.6. The van der Waals surface area contributed by atoms with Crippen molar-refractivity contribution in [2.24, 2.45) is 0 Å². The van der Waals surface area contributed by atoms with Crippen molar-refractivity contribution >= 4 is 16.9 Å². The summed E-state index contributed by atoms with van der Waals surface area (Å²) in [6.45, 7) is 3.46. The van der Waals surface area contributed by atoms with Gasteiger partial charge in [0.15, 0.2) is 0 Å². The van der Waals surface area contributed by atoms with Crippen LogP contribution in [-0.2, 0) is 4.79 Å².